The molecule has 0 aliphatic rings. The van der Waals surface area contributed by atoms with Gasteiger partial charge >= 0.3 is 0 Å². The lowest BCUT2D eigenvalue weighted by Gasteiger charge is -2.14. The number of nitrogens with one attached hydrogen (secondary N) is 1. The number of para-hydroxylation sites is 2. The van der Waals surface area contributed by atoms with Crippen molar-refractivity contribution in [3.8, 4) is 11.5 Å². The molecule has 0 saturated heterocycles. The summed E-state index contributed by atoms with van der Waals surface area (Å²) in [6.07, 6.45) is 0.465. The van der Waals surface area contributed by atoms with Gasteiger partial charge in [0.15, 0.2) is 11.5 Å². The van der Waals surface area contributed by atoms with Crippen LogP contribution in [0.4, 0.5) is 11.4 Å². The third kappa shape index (κ3) is 4.47. The molecule has 7 heteroatoms. The topological polar surface area (TPSA) is 90.7 Å². The molecule has 2 aromatic rings. The second-order valence-corrected chi connectivity index (χ2v) is 5.56. The highest BCUT2D eigenvalue weighted by Crippen LogP contribution is 2.29. The van der Waals surface area contributed by atoms with Crippen molar-refractivity contribution in [3.05, 3.63) is 58.1 Å². The zero-order valence-corrected chi connectivity index (χ0v) is 14.3. The van der Waals surface area contributed by atoms with Gasteiger partial charge in [0.1, 0.15) is 5.69 Å². The van der Waals surface area contributed by atoms with Crippen molar-refractivity contribution in [2.75, 3.05) is 19.5 Å². The van der Waals surface area contributed by atoms with Crippen LogP contribution in [-0.2, 0) is 11.2 Å². The fourth-order valence-electron chi connectivity index (χ4n) is 2.45. The number of nitro benzene ring substituents is 1. The molecule has 1 unspecified atom stereocenters. The standard InChI is InChI=1S/C18H20N2O5/c1-12(10-13-8-9-16(24-2)17(11-13)25-3)18(21)19-14-6-4-5-7-15(14)20(22)23/h4-9,11-12H,10H2,1-3H3,(H,19,21). The fraction of sp³-hybridized carbons (Fsp3) is 0.278. The fourth-order valence-corrected chi connectivity index (χ4v) is 2.45. The van der Waals surface area contributed by atoms with Gasteiger partial charge in [-0.3, -0.25) is 14.9 Å². The maximum Gasteiger partial charge on any atom is 0.292 e. The van der Waals surface area contributed by atoms with Crippen LogP contribution in [0, 0.1) is 16.0 Å². The van der Waals surface area contributed by atoms with E-state index in [4.69, 9.17) is 9.47 Å². The van der Waals surface area contributed by atoms with E-state index in [1.54, 1.807) is 39.3 Å². The molecule has 2 aromatic carbocycles. The Morgan fingerprint density at radius 3 is 2.48 bits per heavy atom. The number of carbonyl (C=O) groups excluding carboxylic acids is 1. The highest BCUT2D eigenvalue weighted by Gasteiger charge is 2.19. The second-order valence-electron chi connectivity index (χ2n) is 5.56. The Balaban J connectivity index is 2.10. The predicted molar refractivity (Wildman–Crippen MR) is 94.1 cm³/mol. The van der Waals surface area contributed by atoms with Gasteiger partial charge in [-0.2, -0.15) is 0 Å². The molecule has 25 heavy (non-hydrogen) atoms. The van der Waals surface area contributed by atoms with Gasteiger partial charge in [0.2, 0.25) is 5.91 Å². The molecule has 0 radical (unpaired) electrons. The number of benzene rings is 2. The van der Waals surface area contributed by atoms with Gasteiger partial charge in [-0.15, -0.1) is 0 Å². The molecule has 0 saturated carbocycles. The van der Waals surface area contributed by atoms with E-state index in [0.29, 0.717) is 17.9 Å². The Bertz CT molecular complexity index is 776. The summed E-state index contributed by atoms with van der Waals surface area (Å²) in [6.45, 7) is 1.76. The number of hydrogen-bond donors (Lipinski definition) is 1. The summed E-state index contributed by atoms with van der Waals surface area (Å²) in [5, 5.41) is 13.7. The zero-order valence-electron chi connectivity index (χ0n) is 14.3. The minimum absolute atomic E-state index is 0.130. The maximum absolute atomic E-state index is 12.4. The van der Waals surface area contributed by atoms with Crippen LogP contribution in [0.5, 0.6) is 11.5 Å². The van der Waals surface area contributed by atoms with Crippen LogP contribution >= 0.6 is 0 Å². The van der Waals surface area contributed by atoms with E-state index in [0.717, 1.165) is 5.56 Å². The summed E-state index contributed by atoms with van der Waals surface area (Å²) in [6, 6.07) is 11.5. The van der Waals surface area contributed by atoms with Gasteiger partial charge in [-0.05, 0) is 30.2 Å². The number of anilines is 1. The Morgan fingerprint density at radius 2 is 1.84 bits per heavy atom. The van der Waals surface area contributed by atoms with Crippen molar-refractivity contribution >= 4 is 17.3 Å². The van der Waals surface area contributed by atoms with E-state index in [1.807, 2.05) is 12.1 Å². The van der Waals surface area contributed by atoms with Gasteiger partial charge in [-0.25, -0.2) is 0 Å². The summed E-state index contributed by atoms with van der Waals surface area (Å²) >= 11 is 0. The second kappa shape index (κ2) is 8.14. The summed E-state index contributed by atoms with van der Waals surface area (Å²) in [5.41, 5.74) is 0.966. The Labute approximate surface area is 145 Å². The van der Waals surface area contributed by atoms with Gasteiger partial charge in [0.05, 0.1) is 19.1 Å². The number of nitrogens with zero attached hydrogens (tertiary/aromatic N) is 1. The molecule has 1 atom stereocenters. The molecule has 0 spiro atoms. The molecular weight excluding hydrogens is 324 g/mol. The average molecular weight is 344 g/mol. The summed E-state index contributed by atoms with van der Waals surface area (Å²) in [7, 11) is 3.10. The van der Waals surface area contributed by atoms with Crippen LogP contribution in [0.25, 0.3) is 0 Å². The monoisotopic (exact) mass is 344 g/mol. The van der Waals surface area contributed by atoms with Crippen LogP contribution in [0.15, 0.2) is 42.5 Å². The van der Waals surface area contributed by atoms with Crippen LogP contribution < -0.4 is 14.8 Å². The average Bonchev–Trinajstić information content (AvgIpc) is 2.61. The molecule has 0 aliphatic heterocycles. The van der Waals surface area contributed by atoms with Crippen molar-refractivity contribution < 1.29 is 19.2 Å². The molecule has 1 N–H and O–H groups in total. The maximum atomic E-state index is 12.4. The lowest BCUT2D eigenvalue weighted by Crippen LogP contribution is -2.22. The number of carbonyl (C=O) groups is 1. The summed E-state index contributed by atoms with van der Waals surface area (Å²) in [5.74, 6) is 0.538. The number of methoxy groups -OCH3 is 2. The highest BCUT2D eigenvalue weighted by molar-refractivity contribution is 5.94. The molecule has 2 rings (SSSR count). The zero-order chi connectivity index (χ0) is 18.4. The Hall–Kier alpha value is -3.09. The Morgan fingerprint density at radius 1 is 1.16 bits per heavy atom. The lowest BCUT2D eigenvalue weighted by molar-refractivity contribution is -0.383. The lowest BCUT2D eigenvalue weighted by atomic mass is 9.99. The third-order valence-electron chi connectivity index (χ3n) is 3.80. The van der Waals surface area contributed by atoms with Crippen LogP contribution in [0.3, 0.4) is 0 Å². The van der Waals surface area contributed by atoms with E-state index in [9.17, 15) is 14.9 Å². The largest absolute Gasteiger partial charge is 0.493 e. The molecule has 0 fully saturated rings. The van der Waals surface area contributed by atoms with Crippen molar-refractivity contribution in [3.63, 3.8) is 0 Å². The van der Waals surface area contributed by atoms with E-state index in [2.05, 4.69) is 5.32 Å². The first-order valence-corrected chi connectivity index (χ1v) is 7.71. The van der Waals surface area contributed by atoms with E-state index in [-0.39, 0.29) is 23.2 Å². The molecule has 0 bridgehead atoms. The van der Waals surface area contributed by atoms with Gasteiger partial charge in [0.25, 0.3) is 5.69 Å². The molecule has 1 amide bonds. The smallest absolute Gasteiger partial charge is 0.292 e. The van der Waals surface area contributed by atoms with Crippen molar-refractivity contribution in [2.24, 2.45) is 5.92 Å². The molecule has 132 valence electrons. The van der Waals surface area contributed by atoms with Crippen molar-refractivity contribution in [1.82, 2.24) is 0 Å². The minimum atomic E-state index is -0.519. The van der Waals surface area contributed by atoms with E-state index < -0.39 is 4.92 Å². The quantitative estimate of drug-likeness (QED) is 0.614. The van der Waals surface area contributed by atoms with Crippen LogP contribution in [0.1, 0.15) is 12.5 Å². The molecule has 0 aliphatic carbocycles. The van der Waals surface area contributed by atoms with Gasteiger partial charge in [0, 0.05) is 12.0 Å². The molecule has 0 heterocycles. The van der Waals surface area contributed by atoms with Crippen molar-refractivity contribution in [2.45, 2.75) is 13.3 Å². The first-order chi connectivity index (χ1) is 12.0. The number of hydrogen-bond acceptors (Lipinski definition) is 5. The number of ether oxygens (including phenoxy) is 2. The first-order valence-electron chi connectivity index (χ1n) is 7.71. The molecular formula is C18H20N2O5. The SMILES string of the molecule is COc1ccc(CC(C)C(=O)Nc2ccccc2[N+](=O)[O-])cc1OC. The number of nitro groups is 1. The summed E-state index contributed by atoms with van der Waals surface area (Å²) < 4.78 is 10.4. The van der Waals surface area contributed by atoms with E-state index in [1.165, 1.54) is 12.1 Å². The van der Waals surface area contributed by atoms with Gasteiger partial charge in [-0.1, -0.05) is 25.1 Å². The molecule has 7 nitrogen and oxygen atoms in total. The van der Waals surface area contributed by atoms with Crippen molar-refractivity contribution in [1.29, 1.82) is 0 Å². The van der Waals surface area contributed by atoms with Crippen LogP contribution in [0.2, 0.25) is 0 Å². The summed E-state index contributed by atoms with van der Waals surface area (Å²) in [4.78, 5) is 22.9. The van der Waals surface area contributed by atoms with E-state index >= 15 is 0 Å². The van der Waals surface area contributed by atoms with Gasteiger partial charge < -0.3 is 14.8 Å². The third-order valence-corrected chi connectivity index (χ3v) is 3.80. The first kappa shape index (κ1) is 18.3. The van der Waals surface area contributed by atoms with Crippen LogP contribution in [-0.4, -0.2) is 25.1 Å². The normalized spacial score (nSPS) is 11.5. The predicted octanol–water partition coefficient (Wildman–Crippen LogP) is 3.43. The minimum Gasteiger partial charge on any atom is -0.493 e. The molecule has 0 aromatic heterocycles. The Kier molecular flexibility index (Phi) is 5.94. The highest BCUT2D eigenvalue weighted by atomic mass is 16.6. The number of amides is 1. The number of rotatable bonds is 7.